The lowest BCUT2D eigenvalue weighted by Crippen LogP contribution is -2.52. The summed E-state index contributed by atoms with van der Waals surface area (Å²) in [5, 5.41) is 5.86. The Bertz CT molecular complexity index is 528. The van der Waals surface area contributed by atoms with Gasteiger partial charge in [-0.2, -0.15) is 0 Å². The van der Waals surface area contributed by atoms with Gasteiger partial charge in [0.2, 0.25) is 6.08 Å². The van der Waals surface area contributed by atoms with Gasteiger partial charge in [0, 0.05) is 12.1 Å². The molecule has 1 aliphatic rings. The monoisotopic (exact) mass is 353 g/mol. The van der Waals surface area contributed by atoms with Crippen molar-refractivity contribution in [3.63, 3.8) is 0 Å². The molecular weight excluding hydrogens is 322 g/mol. The number of hydrogen-bond acceptors (Lipinski definition) is 5. The molecule has 1 saturated carbocycles. The van der Waals surface area contributed by atoms with Crippen molar-refractivity contribution in [3.8, 4) is 0 Å². The predicted octanol–water partition coefficient (Wildman–Crippen LogP) is 2.55. The Morgan fingerprint density at radius 1 is 1.32 bits per heavy atom. The van der Waals surface area contributed by atoms with E-state index in [1.807, 2.05) is 6.92 Å². The molecule has 2 amide bonds. The number of nitrogens with zero attached hydrogens (tertiary/aromatic N) is 1. The maximum Gasteiger partial charge on any atom is 0.315 e. The van der Waals surface area contributed by atoms with E-state index in [0.717, 1.165) is 19.3 Å². The third-order valence-electron chi connectivity index (χ3n) is 4.77. The molecule has 0 bridgehead atoms. The first-order chi connectivity index (χ1) is 11.6. The second-order valence-corrected chi connectivity index (χ2v) is 8.17. The Morgan fingerprint density at radius 3 is 2.56 bits per heavy atom. The Labute approximate surface area is 150 Å². The van der Waals surface area contributed by atoms with Gasteiger partial charge in [0.05, 0.1) is 20.1 Å². The van der Waals surface area contributed by atoms with Crippen molar-refractivity contribution < 1.29 is 19.1 Å². The number of nitrogens with one attached hydrogen (secondary N) is 2. The lowest BCUT2D eigenvalue weighted by molar-refractivity contribution is -0.141. The van der Waals surface area contributed by atoms with Crippen LogP contribution < -0.4 is 10.6 Å². The molecule has 3 unspecified atom stereocenters. The standard InChI is InChI=1S/C18H31N3O4/c1-6-13(7-15(23)25-5)20-16(24)21-14-8-17(2,3)10-18(4,9-14)11-19-12-22/h13-14H,6-11H2,1-5H3,(H2,20,21,24). The van der Waals surface area contributed by atoms with E-state index in [1.54, 1.807) is 6.08 Å². The van der Waals surface area contributed by atoms with Crippen molar-refractivity contribution in [2.75, 3.05) is 13.7 Å². The van der Waals surface area contributed by atoms with Crippen LogP contribution in [-0.2, 0) is 14.3 Å². The van der Waals surface area contributed by atoms with Crippen molar-refractivity contribution in [2.45, 2.75) is 71.9 Å². The number of amides is 2. The average molecular weight is 353 g/mol. The molecule has 2 N–H and O–H groups in total. The summed E-state index contributed by atoms with van der Waals surface area (Å²) >= 11 is 0. The number of esters is 1. The van der Waals surface area contributed by atoms with Crippen molar-refractivity contribution in [3.05, 3.63) is 0 Å². The minimum atomic E-state index is -0.342. The lowest BCUT2D eigenvalue weighted by Gasteiger charge is -2.46. The summed E-state index contributed by atoms with van der Waals surface area (Å²) in [6.07, 6.45) is 4.95. The van der Waals surface area contributed by atoms with Crippen LogP contribution in [0, 0.1) is 10.8 Å². The summed E-state index contributed by atoms with van der Waals surface area (Å²) in [4.78, 5) is 37.9. The Hall–Kier alpha value is -1.88. The fourth-order valence-corrected chi connectivity index (χ4v) is 4.07. The van der Waals surface area contributed by atoms with Gasteiger partial charge in [-0.15, -0.1) is 0 Å². The van der Waals surface area contributed by atoms with Gasteiger partial charge in [0.25, 0.3) is 0 Å². The zero-order valence-electron chi connectivity index (χ0n) is 16.0. The van der Waals surface area contributed by atoms with E-state index in [9.17, 15) is 14.4 Å². The lowest BCUT2D eigenvalue weighted by atomic mass is 9.62. The average Bonchev–Trinajstić information content (AvgIpc) is 2.50. The van der Waals surface area contributed by atoms with Gasteiger partial charge in [0.15, 0.2) is 0 Å². The highest BCUT2D eigenvalue weighted by Crippen LogP contribution is 2.46. The van der Waals surface area contributed by atoms with Crippen LogP contribution in [0.25, 0.3) is 0 Å². The zero-order chi connectivity index (χ0) is 19.1. The molecule has 0 saturated heterocycles. The van der Waals surface area contributed by atoms with Crippen molar-refractivity contribution in [2.24, 2.45) is 15.8 Å². The molecule has 7 nitrogen and oxygen atoms in total. The van der Waals surface area contributed by atoms with Crippen LogP contribution in [0.2, 0.25) is 0 Å². The maximum atomic E-state index is 12.3. The van der Waals surface area contributed by atoms with E-state index in [0.29, 0.717) is 13.0 Å². The number of urea groups is 1. The first-order valence-corrected chi connectivity index (χ1v) is 8.80. The summed E-state index contributed by atoms with van der Waals surface area (Å²) in [6.45, 7) is 8.74. The Balaban J connectivity index is 2.68. The fourth-order valence-electron chi connectivity index (χ4n) is 4.07. The molecule has 0 aromatic carbocycles. The highest BCUT2D eigenvalue weighted by atomic mass is 16.5. The van der Waals surface area contributed by atoms with Crippen LogP contribution in [0.4, 0.5) is 4.79 Å². The molecule has 25 heavy (non-hydrogen) atoms. The molecule has 1 aliphatic carbocycles. The summed E-state index contributed by atoms with van der Waals surface area (Å²) in [7, 11) is 1.34. The minimum absolute atomic E-state index is 0.00812. The summed E-state index contributed by atoms with van der Waals surface area (Å²) in [6, 6.07) is -0.541. The van der Waals surface area contributed by atoms with Gasteiger partial charge in [0.1, 0.15) is 0 Å². The molecule has 0 spiro atoms. The van der Waals surface area contributed by atoms with Crippen LogP contribution in [0.15, 0.2) is 4.99 Å². The summed E-state index contributed by atoms with van der Waals surface area (Å²) in [5.74, 6) is -0.342. The van der Waals surface area contributed by atoms with Gasteiger partial charge >= 0.3 is 12.0 Å². The van der Waals surface area contributed by atoms with Crippen LogP contribution in [0.3, 0.4) is 0 Å². The maximum absolute atomic E-state index is 12.3. The van der Waals surface area contributed by atoms with Gasteiger partial charge in [-0.3, -0.25) is 4.79 Å². The van der Waals surface area contributed by atoms with E-state index in [1.165, 1.54) is 7.11 Å². The largest absolute Gasteiger partial charge is 0.469 e. The van der Waals surface area contributed by atoms with Crippen LogP contribution >= 0.6 is 0 Å². The molecule has 0 aliphatic heterocycles. The minimum Gasteiger partial charge on any atom is -0.469 e. The molecule has 0 radical (unpaired) electrons. The zero-order valence-corrected chi connectivity index (χ0v) is 16.0. The molecule has 142 valence electrons. The summed E-state index contributed by atoms with van der Waals surface area (Å²) in [5.41, 5.74) is -0.104. The Morgan fingerprint density at radius 2 is 2.00 bits per heavy atom. The second-order valence-electron chi connectivity index (χ2n) is 8.17. The number of aliphatic imine (C=N–C) groups is 1. The number of hydrogen-bond donors (Lipinski definition) is 2. The van der Waals surface area contributed by atoms with Crippen molar-refractivity contribution >= 4 is 18.1 Å². The molecule has 1 rings (SSSR count). The molecular formula is C18H31N3O4. The first-order valence-electron chi connectivity index (χ1n) is 8.80. The number of isocyanates is 1. The van der Waals surface area contributed by atoms with E-state index in [-0.39, 0.29) is 41.3 Å². The highest BCUT2D eigenvalue weighted by Gasteiger charge is 2.41. The Kier molecular flexibility index (Phi) is 7.61. The number of carbonyl (C=O) groups is 2. The first kappa shape index (κ1) is 21.2. The number of carbonyl (C=O) groups excluding carboxylic acids is 3. The van der Waals surface area contributed by atoms with Crippen LogP contribution in [-0.4, -0.2) is 43.8 Å². The summed E-state index contributed by atoms with van der Waals surface area (Å²) < 4.78 is 4.65. The van der Waals surface area contributed by atoms with Crippen molar-refractivity contribution in [1.29, 1.82) is 0 Å². The molecule has 0 heterocycles. The smallest absolute Gasteiger partial charge is 0.315 e. The van der Waals surface area contributed by atoms with Crippen LogP contribution in [0.5, 0.6) is 0 Å². The van der Waals surface area contributed by atoms with E-state index in [2.05, 4.69) is 41.1 Å². The molecule has 0 aromatic rings. The van der Waals surface area contributed by atoms with Gasteiger partial charge < -0.3 is 15.4 Å². The van der Waals surface area contributed by atoms with Gasteiger partial charge in [-0.1, -0.05) is 27.7 Å². The van der Waals surface area contributed by atoms with E-state index in [4.69, 9.17) is 0 Å². The quantitative estimate of drug-likeness (QED) is 0.417. The van der Waals surface area contributed by atoms with E-state index < -0.39 is 0 Å². The van der Waals surface area contributed by atoms with Gasteiger partial charge in [-0.25, -0.2) is 14.6 Å². The van der Waals surface area contributed by atoms with Gasteiger partial charge in [-0.05, 0) is 36.5 Å². The SMILES string of the molecule is CCC(CC(=O)OC)NC(=O)NC1CC(C)(C)CC(C)(CN=C=O)C1. The van der Waals surface area contributed by atoms with E-state index >= 15 is 0 Å². The number of methoxy groups -OCH3 is 1. The third kappa shape index (κ3) is 7.26. The van der Waals surface area contributed by atoms with Crippen molar-refractivity contribution in [1.82, 2.24) is 10.6 Å². The molecule has 1 fully saturated rings. The molecule has 3 atom stereocenters. The molecule has 0 aromatic heterocycles. The number of ether oxygens (including phenoxy) is 1. The normalized spacial score (nSPS) is 26.0. The fraction of sp³-hybridized carbons (Fsp3) is 0.833. The molecule has 7 heteroatoms. The highest BCUT2D eigenvalue weighted by molar-refractivity contribution is 5.76. The predicted molar refractivity (Wildman–Crippen MR) is 94.9 cm³/mol. The second kappa shape index (κ2) is 8.99. The third-order valence-corrected chi connectivity index (χ3v) is 4.77. The number of rotatable bonds is 7. The van der Waals surface area contributed by atoms with Crippen LogP contribution in [0.1, 0.15) is 59.8 Å². The topological polar surface area (TPSA) is 96.9 Å².